The highest BCUT2D eigenvalue weighted by Gasteiger charge is 2.31. The lowest BCUT2D eigenvalue weighted by atomic mass is 10.1. The fourth-order valence-corrected chi connectivity index (χ4v) is 7.12. The van der Waals surface area contributed by atoms with E-state index in [1.54, 1.807) is 0 Å². The van der Waals surface area contributed by atoms with Crippen molar-refractivity contribution in [2.75, 3.05) is 44.9 Å². The van der Waals surface area contributed by atoms with Crippen LogP contribution in [0, 0.1) is 13.8 Å². The summed E-state index contributed by atoms with van der Waals surface area (Å²) in [7, 11) is -9.84. The van der Waals surface area contributed by atoms with Crippen molar-refractivity contribution >= 4 is 46.1 Å². The summed E-state index contributed by atoms with van der Waals surface area (Å²) >= 11 is 3.52. The molecule has 4 rings (SSSR count). The van der Waals surface area contributed by atoms with E-state index in [-0.39, 0.29) is 18.8 Å². The van der Waals surface area contributed by atoms with Crippen LogP contribution in [0.5, 0.6) is 5.75 Å². The van der Waals surface area contributed by atoms with Gasteiger partial charge in [0.25, 0.3) is 10.1 Å². The second-order valence-electron chi connectivity index (χ2n) is 10.3. The number of hydrogen-bond donors (Lipinski definition) is 1. The molecular weight excluding hydrogens is 636 g/mol. The molecule has 1 saturated carbocycles. The molecular formula is C24H41BrN2O9S3. The summed E-state index contributed by atoms with van der Waals surface area (Å²) in [5, 5.41) is 8.73. The lowest BCUT2D eigenvalue weighted by Gasteiger charge is -2.16. The number of aryl methyl sites for hydroxylation is 2. The van der Waals surface area contributed by atoms with Crippen LogP contribution in [0.25, 0.3) is 0 Å². The zero-order chi connectivity index (χ0) is 29.6. The van der Waals surface area contributed by atoms with Gasteiger partial charge in [-0.2, -0.15) is 17.0 Å². The minimum absolute atomic E-state index is 0.0463. The molecule has 0 radical (unpaired) electrons. The van der Waals surface area contributed by atoms with Gasteiger partial charge < -0.3 is 9.84 Å². The quantitative estimate of drug-likeness (QED) is 0.449. The molecule has 15 heteroatoms. The number of aliphatic hydroxyl groups excluding tert-OH is 1. The Bertz CT molecular complexity index is 1260. The third kappa shape index (κ3) is 12.3. The predicted octanol–water partition coefficient (Wildman–Crippen LogP) is 2.40. The van der Waals surface area contributed by atoms with Gasteiger partial charge in [-0.25, -0.2) is 16.8 Å². The molecule has 0 spiro atoms. The van der Waals surface area contributed by atoms with Crippen LogP contribution in [0.1, 0.15) is 49.7 Å². The Morgan fingerprint density at radius 2 is 1.23 bits per heavy atom. The predicted molar refractivity (Wildman–Crippen MR) is 154 cm³/mol. The zero-order valence-electron chi connectivity index (χ0n) is 23.2. The summed E-state index contributed by atoms with van der Waals surface area (Å²) < 4.78 is 80.9. The summed E-state index contributed by atoms with van der Waals surface area (Å²) in [6.07, 6.45) is 8.44. The molecule has 2 aliphatic heterocycles. The van der Waals surface area contributed by atoms with Crippen molar-refractivity contribution in [3.8, 4) is 5.75 Å². The van der Waals surface area contributed by atoms with Crippen molar-refractivity contribution in [1.29, 1.82) is 0 Å². The van der Waals surface area contributed by atoms with Crippen LogP contribution >= 0.6 is 15.9 Å². The monoisotopic (exact) mass is 676 g/mol. The molecule has 3 fully saturated rings. The first-order valence-corrected chi connectivity index (χ1v) is 19.1. The topological polar surface area (TPSA) is 148 Å². The Labute approximate surface area is 242 Å². The fraction of sp³-hybridized carbons (Fsp3) is 0.750. The van der Waals surface area contributed by atoms with Crippen LogP contribution < -0.4 is 4.74 Å². The number of benzene rings is 1. The summed E-state index contributed by atoms with van der Waals surface area (Å²) in [4.78, 5) is 0. The van der Waals surface area contributed by atoms with Gasteiger partial charge in [-0.05, 0) is 62.8 Å². The van der Waals surface area contributed by atoms with E-state index in [4.69, 9.17) is 14.0 Å². The first kappa shape index (κ1) is 34.4. The maximum absolute atomic E-state index is 11.4. The summed E-state index contributed by atoms with van der Waals surface area (Å²) in [6.45, 7) is 5.44. The summed E-state index contributed by atoms with van der Waals surface area (Å²) in [6, 6.07) is 3.94. The van der Waals surface area contributed by atoms with Crippen molar-refractivity contribution in [2.24, 2.45) is 0 Å². The van der Waals surface area contributed by atoms with Gasteiger partial charge in [0, 0.05) is 24.1 Å². The number of rotatable bonds is 6. The van der Waals surface area contributed by atoms with E-state index in [9.17, 15) is 25.3 Å². The van der Waals surface area contributed by atoms with E-state index in [2.05, 4.69) is 15.9 Å². The molecule has 2 saturated heterocycles. The Balaban J connectivity index is 0.000000232. The van der Waals surface area contributed by atoms with E-state index in [0.717, 1.165) is 53.1 Å². The van der Waals surface area contributed by atoms with E-state index >= 15 is 0 Å². The maximum atomic E-state index is 11.4. The normalized spacial score (nSPS) is 23.2. The Morgan fingerprint density at radius 3 is 1.59 bits per heavy atom. The average molecular weight is 678 g/mol. The molecule has 0 unspecified atom stereocenters. The molecule has 1 N–H and O–H groups in total. The lowest BCUT2D eigenvalue weighted by molar-refractivity contribution is 0.183. The molecule has 226 valence electrons. The molecule has 2 atom stereocenters. The van der Waals surface area contributed by atoms with E-state index in [1.165, 1.54) is 27.7 Å². The zero-order valence-corrected chi connectivity index (χ0v) is 27.2. The third-order valence-electron chi connectivity index (χ3n) is 6.50. The highest BCUT2D eigenvalue weighted by molar-refractivity contribution is 9.10. The van der Waals surface area contributed by atoms with E-state index in [1.807, 2.05) is 26.0 Å². The number of hydrogen-bond acceptors (Lipinski definition) is 9. The van der Waals surface area contributed by atoms with Crippen LogP contribution in [0.15, 0.2) is 16.6 Å². The highest BCUT2D eigenvalue weighted by Crippen LogP contribution is 2.28. The van der Waals surface area contributed by atoms with Crippen molar-refractivity contribution in [1.82, 2.24) is 8.61 Å². The Morgan fingerprint density at radius 1 is 0.795 bits per heavy atom. The maximum Gasteiger partial charge on any atom is 0.264 e. The standard InChI is InChI=1S/C13H18BrNO3S.C6H13NO5S2.C5H10O/c1-9-6-12(7-10(2)13(9)14)18-11-4-5-15(8-11)19(3,16)17;1-13(8,9)7-4-3-6(5-7)12-14(2,10)11;6-5-3-1-2-4-5/h6-7,11H,4-5,8H2,1-3H3;6H,3-5H2,1-2H3;5-6H,1-4H2/t11-;6-;/m01./s1. The SMILES string of the molecule is CS(=O)(=O)O[C@@H]1CCN(S(C)(=O)=O)C1.Cc1cc(O[C@H]2CCN(S(C)(=O)=O)C2)cc(C)c1Br.OC1CCCC1. The number of ether oxygens (including phenoxy) is 1. The number of halogens is 1. The number of nitrogens with zero attached hydrogens (tertiary/aromatic N) is 2. The van der Waals surface area contributed by atoms with E-state index in [0.29, 0.717) is 26.1 Å². The van der Waals surface area contributed by atoms with Crippen molar-refractivity contribution < 1.29 is 39.3 Å². The highest BCUT2D eigenvalue weighted by atomic mass is 79.9. The van der Waals surface area contributed by atoms with Gasteiger partial charge >= 0.3 is 0 Å². The van der Waals surface area contributed by atoms with Crippen LogP contribution in [-0.4, -0.2) is 102 Å². The van der Waals surface area contributed by atoms with Gasteiger partial charge in [-0.1, -0.05) is 28.8 Å². The summed E-state index contributed by atoms with van der Waals surface area (Å²) in [5.41, 5.74) is 2.24. The van der Waals surface area contributed by atoms with Crippen LogP contribution in [0.3, 0.4) is 0 Å². The molecule has 2 heterocycles. The third-order valence-corrected chi connectivity index (χ3v) is 10.9. The Kier molecular flexibility index (Phi) is 12.7. The van der Waals surface area contributed by atoms with E-state index < -0.39 is 36.3 Å². The van der Waals surface area contributed by atoms with Gasteiger partial charge in [0.15, 0.2) is 0 Å². The van der Waals surface area contributed by atoms with Crippen molar-refractivity contribution in [2.45, 2.75) is 70.7 Å². The largest absolute Gasteiger partial charge is 0.489 e. The lowest BCUT2D eigenvalue weighted by Crippen LogP contribution is -2.29. The molecule has 0 bridgehead atoms. The van der Waals surface area contributed by atoms with Crippen LogP contribution in [-0.2, 0) is 34.3 Å². The molecule has 3 aliphatic rings. The molecule has 1 aromatic rings. The van der Waals surface area contributed by atoms with Crippen molar-refractivity contribution in [3.05, 3.63) is 27.7 Å². The fourth-order valence-electron chi connectivity index (χ4n) is 4.49. The number of sulfonamides is 2. The first-order valence-electron chi connectivity index (χ1n) is 12.7. The van der Waals surface area contributed by atoms with Gasteiger partial charge in [0.05, 0.1) is 37.5 Å². The van der Waals surface area contributed by atoms with Gasteiger partial charge in [-0.3, -0.25) is 4.18 Å². The number of aliphatic hydroxyl groups is 1. The van der Waals surface area contributed by atoms with Gasteiger partial charge in [0.2, 0.25) is 20.0 Å². The van der Waals surface area contributed by atoms with Crippen LogP contribution in [0.2, 0.25) is 0 Å². The molecule has 1 aliphatic carbocycles. The second-order valence-corrected chi connectivity index (χ2v) is 16.6. The minimum Gasteiger partial charge on any atom is -0.489 e. The second kappa shape index (κ2) is 14.4. The van der Waals surface area contributed by atoms with Gasteiger partial charge in [0.1, 0.15) is 11.9 Å². The molecule has 1 aromatic carbocycles. The van der Waals surface area contributed by atoms with Crippen LogP contribution in [0.4, 0.5) is 0 Å². The smallest absolute Gasteiger partial charge is 0.264 e. The summed E-state index contributed by atoms with van der Waals surface area (Å²) in [5.74, 6) is 0.804. The first-order chi connectivity index (χ1) is 17.8. The van der Waals surface area contributed by atoms with Gasteiger partial charge in [-0.15, -0.1) is 0 Å². The van der Waals surface area contributed by atoms with Crippen molar-refractivity contribution in [3.63, 3.8) is 0 Å². The molecule has 11 nitrogen and oxygen atoms in total. The molecule has 0 aromatic heterocycles. The molecule has 0 amide bonds. The molecule has 39 heavy (non-hydrogen) atoms. The average Bonchev–Trinajstić information content (AvgIpc) is 3.53. The minimum atomic E-state index is -3.50. The Hall–Kier alpha value is -0.810.